The molecular formula is C12H8ClN5O. The highest BCUT2D eigenvalue weighted by Crippen LogP contribution is 2.22. The molecule has 0 atom stereocenters. The Bertz CT molecular complexity index is 685. The molecule has 1 aromatic carbocycles. The Kier molecular flexibility index (Phi) is 3.07. The van der Waals surface area contributed by atoms with Crippen molar-refractivity contribution in [2.24, 2.45) is 0 Å². The fourth-order valence-electron chi connectivity index (χ4n) is 1.46. The minimum atomic E-state index is 0.159. The van der Waals surface area contributed by atoms with Crippen LogP contribution in [0.2, 0.25) is 5.15 Å². The third kappa shape index (κ3) is 2.53. The van der Waals surface area contributed by atoms with Crippen molar-refractivity contribution in [1.29, 1.82) is 0 Å². The molecule has 3 rings (SSSR count). The van der Waals surface area contributed by atoms with Crippen LogP contribution in [0.15, 0.2) is 49.1 Å². The number of para-hydroxylation sites is 1. The number of ether oxygens (including phenoxy) is 1. The molecule has 0 radical (unpaired) electrons. The molecule has 0 saturated carbocycles. The molecule has 94 valence electrons. The normalized spacial score (nSPS) is 10.4. The molecule has 7 heteroatoms. The Morgan fingerprint density at radius 3 is 2.58 bits per heavy atom. The summed E-state index contributed by atoms with van der Waals surface area (Å²) in [4.78, 5) is 11.8. The molecule has 2 heterocycles. The molecule has 0 fully saturated rings. The molecule has 0 aliphatic rings. The van der Waals surface area contributed by atoms with Crippen molar-refractivity contribution < 1.29 is 4.74 Å². The van der Waals surface area contributed by atoms with Gasteiger partial charge in [0.25, 0.3) is 5.88 Å². The fourth-order valence-corrected chi connectivity index (χ4v) is 1.61. The minimum absolute atomic E-state index is 0.159. The summed E-state index contributed by atoms with van der Waals surface area (Å²) in [7, 11) is 0. The van der Waals surface area contributed by atoms with E-state index in [-0.39, 0.29) is 17.0 Å². The number of rotatable bonds is 3. The molecule has 0 amide bonds. The summed E-state index contributed by atoms with van der Waals surface area (Å²) in [5.74, 6) is 0.176. The summed E-state index contributed by atoms with van der Waals surface area (Å²) >= 11 is 5.84. The van der Waals surface area contributed by atoms with E-state index in [1.807, 2.05) is 30.3 Å². The zero-order valence-corrected chi connectivity index (χ0v) is 10.4. The topological polar surface area (TPSA) is 65.7 Å². The maximum atomic E-state index is 5.84. The van der Waals surface area contributed by atoms with Gasteiger partial charge in [0.1, 0.15) is 6.33 Å². The standard InChI is InChI=1S/C12H8ClN5O/c13-10-11(15-7-6-14-10)19-12-16-8-18(17-12)9-4-2-1-3-5-9/h1-8H. The molecule has 3 aromatic rings. The molecule has 0 aliphatic heterocycles. The summed E-state index contributed by atoms with van der Waals surface area (Å²) in [6.45, 7) is 0. The highest BCUT2D eigenvalue weighted by molar-refractivity contribution is 6.30. The molecule has 0 aliphatic carbocycles. The van der Waals surface area contributed by atoms with Crippen LogP contribution in [0.5, 0.6) is 11.9 Å². The molecular weight excluding hydrogens is 266 g/mol. The maximum absolute atomic E-state index is 5.84. The van der Waals surface area contributed by atoms with Crippen LogP contribution in [0.1, 0.15) is 0 Å². The Morgan fingerprint density at radius 1 is 1.00 bits per heavy atom. The number of hydrogen-bond acceptors (Lipinski definition) is 5. The van der Waals surface area contributed by atoms with Gasteiger partial charge in [-0.15, -0.1) is 5.10 Å². The number of nitrogens with zero attached hydrogens (tertiary/aromatic N) is 5. The second kappa shape index (κ2) is 5.03. The SMILES string of the molecule is Clc1nccnc1Oc1ncn(-c2ccccc2)n1. The van der Waals surface area contributed by atoms with Crippen LogP contribution in [-0.4, -0.2) is 24.7 Å². The molecule has 0 saturated heterocycles. The van der Waals surface area contributed by atoms with Crippen LogP contribution >= 0.6 is 11.6 Å². The van der Waals surface area contributed by atoms with Crippen LogP contribution in [0.4, 0.5) is 0 Å². The lowest BCUT2D eigenvalue weighted by atomic mass is 10.3. The fraction of sp³-hybridized carbons (Fsp3) is 0. The van der Waals surface area contributed by atoms with E-state index in [1.54, 1.807) is 11.0 Å². The van der Waals surface area contributed by atoms with Gasteiger partial charge in [-0.1, -0.05) is 29.8 Å². The number of hydrogen-bond donors (Lipinski definition) is 0. The van der Waals surface area contributed by atoms with Crippen LogP contribution in [0.3, 0.4) is 0 Å². The second-order valence-corrected chi connectivity index (χ2v) is 3.92. The van der Waals surface area contributed by atoms with E-state index >= 15 is 0 Å². The van der Waals surface area contributed by atoms with Crippen molar-refractivity contribution >= 4 is 11.6 Å². The largest absolute Gasteiger partial charge is 0.401 e. The van der Waals surface area contributed by atoms with E-state index in [1.165, 1.54) is 12.4 Å². The van der Waals surface area contributed by atoms with Gasteiger partial charge in [0, 0.05) is 12.4 Å². The average molecular weight is 274 g/mol. The van der Waals surface area contributed by atoms with Crippen LogP contribution < -0.4 is 4.74 Å². The molecule has 0 bridgehead atoms. The Hall–Kier alpha value is -2.47. The van der Waals surface area contributed by atoms with Crippen LogP contribution in [-0.2, 0) is 0 Å². The zero-order valence-electron chi connectivity index (χ0n) is 9.64. The van der Waals surface area contributed by atoms with Gasteiger partial charge in [-0.2, -0.15) is 4.98 Å². The lowest BCUT2D eigenvalue weighted by Gasteiger charge is -2.00. The van der Waals surface area contributed by atoms with Crippen molar-refractivity contribution in [3.05, 3.63) is 54.2 Å². The van der Waals surface area contributed by atoms with Gasteiger partial charge in [0.2, 0.25) is 0 Å². The van der Waals surface area contributed by atoms with Crippen molar-refractivity contribution in [3.8, 4) is 17.6 Å². The summed E-state index contributed by atoms with van der Waals surface area (Å²) in [5, 5.41) is 4.34. The van der Waals surface area contributed by atoms with Crippen LogP contribution in [0.25, 0.3) is 5.69 Å². The third-order valence-corrected chi connectivity index (χ3v) is 2.56. The van der Waals surface area contributed by atoms with Gasteiger partial charge in [-0.05, 0) is 12.1 Å². The number of halogens is 1. The quantitative estimate of drug-likeness (QED) is 0.733. The predicted molar refractivity (Wildman–Crippen MR) is 68.5 cm³/mol. The second-order valence-electron chi connectivity index (χ2n) is 3.56. The number of benzene rings is 1. The highest BCUT2D eigenvalue weighted by Gasteiger charge is 2.09. The summed E-state index contributed by atoms with van der Waals surface area (Å²) in [5.41, 5.74) is 0.884. The van der Waals surface area contributed by atoms with Crippen molar-refractivity contribution in [2.75, 3.05) is 0 Å². The van der Waals surface area contributed by atoms with Crippen LogP contribution in [0, 0.1) is 0 Å². The molecule has 0 spiro atoms. The zero-order chi connectivity index (χ0) is 13.1. The van der Waals surface area contributed by atoms with E-state index in [9.17, 15) is 0 Å². The van der Waals surface area contributed by atoms with Gasteiger partial charge in [-0.3, -0.25) is 0 Å². The Labute approximate surface area is 113 Å². The summed E-state index contributed by atoms with van der Waals surface area (Å²) in [6, 6.07) is 9.73. The molecule has 0 unspecified atom stereocenters. The minimum Gasteiger partial charge on any atom is -0.401 e. The molecule has 6 nitrogen and oxygen atoms in total. The monoisotopic (exact) mass is 273 g/mol. The first-order chi connectivity index (χ1) is 9.33. The maximum Gasteiger partial charge on any atom is 0.342 e. The molecule has 0 N–H and O–H groups in total. The number of aromatic nitrogens is 5. The highest BCUT2D eigenvalue weighted by atomic mass is 35.5. The van der Waals surface area contributed by atoms with E-state index in [4.69, 9.17) is 16.3 Å². The lowest BCUT2D eigenvalue weighted by molar-refractivity contribution is 0.423. The van der Waals surface area contributed by atoms with Gasteiger partial charge >= 0.3 is 6.01 Å². The van der Waals surface area contributed by atoms with E-state index < -0.39 is 0 Å². The Morgan fingerprint density at radius 2 is 1.79 bits per heavy atom. The van der Waals surface area contributed by atoms with E-state index in [0.29, 0.717) is 0 Å². The molecule has 2 aromatic heterocycles. The average Bonchev–Trinajstić information content (AvgIpc) is 2.91. The first-order valence-corrected chi connectivity index (χ1v) is 5.82. The predicted octanol–water partition coefficient (Wildman–Crippen LogP) is 2.50. The smallest absolute Gasteiger partial charge is 0.342 e. The van der Waals surface area contributed by atoms with E-state index in [2.05, 4.69) is 20.1 Å². The van der Waals surface area contributed by atoms with E-state index in [0.717, 1.165) is 5.69 Å². The summed E-state index contributed by atoms with van der Waals surface area (Å²) < 4.78 is 6.96. The van der Waals surface area contributed by atoms with Crippen molar-refractivity contribution in [2.45, 2.75) is 0 Å². The first kappa shape index (κ1) is 11.6. The van der Waals surface area contributed by atoms with Gasteiger partial charge in [0.15, 0.2) is 5.15 Å². The van der Waals surface area contributed by atoms with Crippen molar-refractivity contribution in [1.82, 2.24) is 24.7 Å². The summed E-state index contributed by atoms with van der Waals surface area (Å²) in [6.07, 6.45) is 4.51. The van der Waals surface area contributed by atoms with Gasteiger partial charge < -0.3 is 4.74 Å². The molecule has 19 heavy (non-hydrogen) atoms. The first-order valence-electron chi connectivity index (χ1n) is 5.44. The third-order valence-electron chi connectivity index (χ3n) is 2.30. The lowest BCUT2D eigenvalue weighted by Crippen LogP contribution is -1.95. The van der Waals surface area contributed by atoms with Gasteiger partial charge in [-0.25, -0.2) is 14.6 Å². The Balaban J connectivity index is 1.85. The van der Waals surface area contributed by atoms with Gasteiger partial charge in [0.05, 0.1) is 5.69 Å². The van der Waals surface area contributed by atoms with Crippen molar-refractivity contribution in [3.63, 3.8) is 0 Å².